The van der Waals surface area contributed by atoms with Crippen LogP contribution in [0.15, 0.2) is 30.6 Å². The summed E-state index contributed by atoms with van der Waals surface area (Å²) >= 11 is 0. The number of nitrogens with one attached hydrogen (secondary N) is 1. The zero-order chi connectivity index (χ0) is 13.8. The molecule has 0 aliphatic carbocycles. The minimum absolute atomic E-state index is 0.217. The molecule has 0 fully saturated rings. The van der Waals surface area contributed by atoms with Gasteiger partial charge in [-0.25, -0.2) is 9.78 Å². The first-order valence-corrected chi connectivity index (χ1v) is 5.92. The van der Waals surface area contributed by atoms with E-state index in [0.717, 1.165) is 11.3 Å². The lowest BCUT2D eigenvalue weighted by Gasteiger charge is -2.11. The van der Waals surface area contributed by atoms with E-state index in [0.29, 0.717) is 17.9 Å². The van der Waals surface area contributed by atoms with Crippen molar-refractivity contribution in [2.24, 2.45) is 0 Å². The standard InChI is InChI=1S/C14H15N3O2/c1-9-6-10(2)17-13(12(9)14(18)19)16-8-11-4-3-5-15-7-11/h3-7H,8H2,1-2H3,(H,16,17)(H,18,19). The Morgan fingerprint density at radius 2 is 2.21 bits per heavy atom. The highest BCUT2D eigenvalue weighted by molar-refractivity contribution is 5.94. The number of rotatable bonds is 4. The molecule has 0 unspecified atom stereocenters. The SMILES string of the molecule is Cc1cc(C)c(C(=O)O)c(NCc2cccnc2)n1. The molecule has 0 aliphatic rings. The lowest BCUT2D eigenvalue weighted by atomic mass is 10.1. The second kappa shape index (κ2) is 5.48. The molecule has 19 heavy (non-hydrogen) atoms. The Morgan fingerprint density at radius 3 is 2.84 bits per heavy atom. The predicted molar refractivity (Wildman–Crippen MR) is 72.2 cm³/mol. The number of aryl methyl sites for hydroxylation is 2. The highest BCUT2D eigenvalue weighted by atomic mass is 16.4. The van der Waals surface area contributed by atoms with Crippen LogP contribution in [0.2, 0.25) is 0 Å². The number of hydrogen-bond acceptors (Lipinski definition) is 4. The maximum atomic E-state index is 11.3. The molecule has 0 spiro atoms. The highest BCUT2D eigenvalue weighted by Crippen LogP contribution is 2.19. The van der Waals surface area contributed by atoms with E-state index in [1.54, 1.807) is 25.4 Å². The number of hydrogen-bond donors (Lipinski definition) is 2. The van der Waals surface area contributed by atoms with Gasteiger partial charge in [-0.2, -0.15) is 0 Å². The van der Waals surface area contributed by atoms with Crippen molar-refractivity contribution < 1.29 is 9.90 Å². The normalized spacial score (nSPS) is 10.2. The third-order valence-electron chi connectivity index (χ3n) is 2.74. The van der Waals surface area contributed by atoms with Crippen molar-refractivity contribution in [2.75, 3.05) is 5.32 Å². The van der Waals surface area contributed by atoms with Crippen molar-refractivity contribution in [2.45, 2.75) is 20.4 Å². The summed E-state index contributed by atoms with van der Waals surface area (Å²) in [5, 5.41) is 12.3. The van der Waals surface area contributed by atoms with Crippen LogP contribution in [0.1, 0.15) is 27.2 Å². The van der Waals surface area contributed by atoms with Gasteiger partial charge in [-0.15, -0.1) is 0 Å². The van der Waals surface area contributed by atoms with Crippen LogP contribution in [0.4, 0.5) is 5.82 Å². The van der Waals surface area contributed by atoms with Gasteiger partial charge in [0.15, 0.2) is 0 Å². The summed E-state index contributed by atoms with van der Waals surface area (Å²) in [6.45, 7) is 4.10. The first kappa shape index (κ1) is 13.0. The second-order valence-electron chi connectivity index (χ2n) is 4.32. The first-order valence-electron chi connectivity index (χ1n) is 5.92. The average Bonchev–Trinajstić information content (AvgIpc) is 2.36. The quantitative estimate of drug-likeness (QED) is 0.879. The molecule has 5 heteroatoms. The van der Waals surface area contributed by atoms with Gasteiger partial charge in [-0.05, 0) is 37.1 Å². The van der Waals surface area contributed by atoms with Crippen molar-refractivity contribution in [1.29, 1.82) is 0 Å². The van der Waals surface area contributed by atoms with Gasteiger partial charge >= 0.3 is 5.97 Å². The molecule has 5 nitrogen and oxygen atoms in total. The monoisotopic (exact) mass is 257 g/mol. The Kier molecular flexibility index (Phi) is 3.75. The molecule has 2 rings (SSSR count). The smallest absolute Gasteiger partial charge is 0.339 e. The largest absolute Gasteiger partial charge is 0.478 e. The van der Waals surface area contributed by atoms with Crippen LogP contribution in [0.25, 0.3) is 0 Å². The van der Waals surface area contributed by atoms with E-state index < -0.39 is 5.97 Å². The zero-order valence-electron chi connectivity index (χ0n) is 10.8. The maximum Gasteiger partial charge on any atom is 0.339 e. The van der Waals surface area contributed by atoms with E-state index in [4.69, 9.17) is 0 Å². The number of carboxylic acids is 1. The second-order valence-corrected chi connectivity index (χ2v) is 4.32. The summed E-state index contributed by atoms with van der Waals surface area (Å²) in [4.78, 5) is 19.5. The number of carbonyl (C=O) groups is 1. The molecule has 0 atom stereocenters. The average molecular weight is 257 g/mol. The van der Waals surface area contributed by atoms with E-state index in [1.807, 2.05) is 19.1 Å². The molecule has 0 saturated heterocycles. The van der Waals surface area contributed by atoms with Gasteiger partial charge in [0.1, 0.15) is 11.4 Å². The van der Waals surface area contributed by atoms with Gasteiger partial charge in [-0.1, -0.05) is 6.07 Å². The molecule has 2 aromatic rings. The molecule has 0 saturated carbocycles. The lowest BCUT2D eigenvalue weighted by Crippen LogP contribution is -2.11. The van der Waals surface area contributed by atoms with Crippen molar-refractivity contribution in [1.82, 2.24) is 9.97 Å². The fourth-order valence-electron chi connectivity index (χ4n) is 1.92. The summed E-state index contributed by atoms with van der Waals surface area (Å²) in [7, 11) is 0. The Morgan fingerprint density at radius 1 is 1.42 bits per heavy atom. The van der Waals surface area contributed by atoms with E-state index in [9.17, 15) is 9.90 Å². The molecule has 2 heterocycles. The molecular weight excluding hydrogens is 242 g/mol. The van der Waals surface area contributed by atoms with Crippen LogP contribution in [0, 0.1) is 13.8 Å². The summed E-state index contributed by atoms with van der Waals surface area (Å²) in [5.74, 6) is -0.576. The summed E-state index contributed by atoms with van der Waals surface area (Å²) in [6, 6.07) is 5.52. The van der Waals surface area contributed by atoms with Crippen molar-refractivity contribution >= 4 is 11.8 Å². The van der Waals surface area contributed by atoms with Gasteiger partial charge in [0.25, 0.3) is 0 Å². The first-order chi connectivity index (χ1) is 9.08. The van der Waals surface area contributed by atoms with E-state index >= 15 is 0 Å². The van der Waals surface area contributed by atoms with Crippen LogP contribution < -0.4 is 5.32 Å². The maximum absolute atomic E-state index is 11.3. The molecule has 98 valence electrons. The molecular formula is C14H15N3O2. The summed E-state index contributed by atoms with van der Waals surface area (Å²) in [5.41, 5.74) is 2.68. The van der Waals surface area contributed by atoms with Crippen molar-refractivity contribution in [3.63, 3.8) is 0 Å². The Labute approximate surface area is 111 Å². The molecule has 0 radical (unpaired) electrons. The highest BCUT2D eigenvalue weighted by Gasteiger charge is 2.15. The fraction of sp³-hybridized carbons (Fsp3) is 0.214. The van der Waals surface area contributed by atoms with Crippen molar-refractivity contribution in [3.05, 3.63) is 53.0 Å². The van der Waals surface area contributed by atoms with Crippen LogP contribution >= 0.6 is 0 Å². The minimum Gasteiger partial charge on any atom is -0.478 e. The number of pyridine rings is 2. The van der Waals surface area contributed by atoms with Crippen molar-refractivity contribution in [3.8, 4) is 0 Å². The van der Waals surface area contributed by atoms with E-state index in [2.05, 4.69) is 15.3 Å². The summed E-state index contributed by atoms with van der Waals surface area (Å²) < 4.78 is 0. The molecule has 0 aliphatic heterocycles. The third kappa shape index (κ3) is 3.07. The van der Waals surface area contributed by atoms with E-state index in [-0.39, 0.29) is 5.56 Å². The van der Waals surface area contributed by atoms with Crippen LogP contribution in [-0.2, 0) is 6.54 Å². The molecule has 2 N–H and O–H groups in total. The van der Waals surface area contributed by atoms with Crippen LogP contribution in [0.3, 0.4) is 0 Å². The topological polar surface area (TPSA) is 75.1 Å². The number of carboxylic acid groups (broad SMARTS) is 1. The van der Waals surface area contributed by atoms with Gasteiger partial charge < -0.3 is 10.4 Å². The zero-order valence-corrected chi connectivity index (χ0v) is 10.8. The number of nitrogens with zero attached hydrogens (tertiary/aromatic N) is 2. The number of aromatic carboxylic acids is 1. The Bertz CT molecular complexity index is 597. The molecule has 0 amide bonds. The van der Waals surface area contributed by atoms with Gasteiger partial charge in [0.05, 0.1) is 0 Å². The third-order valence-corrected chi connectivity index (χ3v) is 2.74. The summed E-state index contributed by atoms with van der Waals surface area (Å²) in [6.07, 6.45) is 3.43. The van der Waals surface area contributed by atoms with Gasteiger partial charge in [0, 0.05) is 24.6 Å². The predicted octanol–water partition coefficient (Wildman–Crippen LogP) is 2.40. The minimum atomic E-state index is -0.973. The molecule has 0 bridgehead atoms. The molecule has 0 aromatic carbocycles. The Hall–Kier alpha value is -2.43. The fourth-order valence-corrected chi connectivity index (χ4v) is 1.92. The number of aromatic nitrogens is 2. The van der Waals surface area contributed by atoms with Crippen LogP contribution in [-0.4, -0.2) is 21.0 Å². The van der Waals surface area contributed by atoms with E-state index in [1.165, 1.54) is 0 Å². The molecule has 2 aromatic heterocycles. The van der Waals surface area contributed by atoms with Gasteiger partial charge in [0.2, 0.25) is 0 Å². The van der Waals surface area contributed by atoms with Gasteiger partial charge in [-0.3, -0.25) is 4.98 Å². The van der Waals surface area contributed by atoms with Crippen LogP contribution in [0.5, 0.6) is 0 Å². The lowest BCUT2D eigenvalue weighted by molar-refractivity contribution is 0.0697. The number of anilines is 1. The Balaban J connectivity index is 2.27.